The molecule has 1 aliphatic rings. The quantitative estimate of drug-likeness (QED) is 0.353. The van der Waals surface area contributed by atoms with Gasteiger partial charge in [-0.25, -0.2) is 9.48 Å². The molecule has 0 amide bonds. The molecule has 31 heavy (non-hydrogen) atoms. The molecule has 9 nitrogen and oxygen atoms in total. The van der Waals surface area contributed by atoms with Gasteiger partial charge in [0.1, 0.15) is 12.6 Å². The van der Waals surface area contributed by atoms with Gasteiger partial charge in [-0.05, 0) is 24.5 Å². The van der Waals surface area contributed by atoms with E-state index < -0.39 is 12.0 Å². The van der Waals surface area contributed by atoms with Crippen molar-refractivity contribution in [2.45, 2.75) is 31.5 Å². The number of aryl methyl sites for hydroxylation is 1. The summed E-state index contributed by atoms with van der Waals surface area (Å²) >= 11 is 1.17. The summed E-state index contributed by atoms with van der Waals surface area (Å²) in [6, 6.07) is 7.51. The molecule has 0 aliphatic carbocycles. The molecule has 0 fully saturated rings. The van der Waals surface area contributed by atoms with E-state index in [2.05, 4.69) is 27.1 Å². The Morgan fingerprint density at radius 2 is 1.94 bits per heavy atom. The van der Waals surface area contributed by atoms with Crippen LogP contribution in [0.2, 0.25) is 0 Å². The molecule has 2 heterocycles. The van der Waals surface area contributed by atoms with Crippen LogP contribution in [0.25, 0.3) is 0 Å². The third kappa shape index (κ3) is 5.26. The fraction of sp³-hybridized carbons (Fsp3) is 0.429. The number of hydrogen-bond donors (Lipinski definition) is 1. The van der Waals surface area contributed by atoms with Crippen LogP contribution in [-0.2, 0) is 30.2 Å². The SMILES string of the molecule is CCc1ccc([C@H]2C(C(=O)OCCOC)=C(C)Nc3nc(SCC(=O)OC)nn32)cc1. The van der Waals surface area contributed by atoms with Gasteiger partial charge in [0.05, 0.1) is 25.0 Å². The number of fused-ring (bicyclic) bond motifs is 1. The predicted octanol–water partition coefficient (Wildman–Crippen LogP) is 2.58. The molecular weight excluding hydrogens is 420 g/mol. The van der Waals surface area contributed by atoms with Crippen LogP contribution in [-0.4, -0.2) is 59.9 Å². The Morgan fingerprint density at radius 1 is 1.19 bits per heavy atom. The van der Waals surface area contributed by atoms with E-state index in [9.17, 15) is 9.59 Å². The Bertz CT molecular complexity index is 971. The van der Waals surface area contributed by atoms with Crippen LogP contribution in [0.3, 0.4) is 0 Å². The molecule has 1 aromatic carbocycles. The number of hydrogen-bond acceptors (Lipinski definition) is 9. The van der Waals surface area contributed by atoms with Gasteiger partial charge in [-0.2, -0.15) is 4.98 Å². The maximum absolute atomic E-state index is 13.0. The first-order chi connectivity index (χ1) is 15.0. The van der Waals surface area contributed by atoms with Crippen molar-refractivity contribution in [2.24, 2.45) is 0 Å². The molecule has 0 saturated heterocycles. The van der Waals surface area contributed by atoms with Crippen molar-refractivity contribution in [1.82, 2.24) is 14.8 Å². The summed E-state index contributed by atoms with van der Waals surface area (Å²) in [5.74, 6) is -0.234. The van der Waals surface area contributed by atoms with E-state index in [4.69, 9.17) is 9.47 Å². The van der Waals surface area contributed by atoms with Gasteiger partial charge < -0.3 is 19.5 Å². The highest BCUT2D eigenvalue weighted by atomic mass is 32.2. The maximum Gasteiger partial charge on any atom is 0.338 e. The molecule has 3 rings (SSSR count). The molecule has 0 bridgehead atoms. The zero-order chi connectivity index (χ0) is 22.4. The number of allylic oxidation sites excluding steroid dienone is 1. The van der Waals surface area contributed by atoms with Gasteiger partial charge in [-0.15, -0.1) is 5.10 Å². The number of carbonyl (C=O) groups is 2. The standard InChI is InChI=1S/C21H26N4O5S/c1-5-14-6-8-15(9-7-14)18-17(19(27)30-11-10-28-3)13(2)22-20-23-21(24-25(18)20)31-12-16(26)29-4/h6-9,18H,5,10-12H2,1-4H3,(H,22,23,24)/t18-/m0/s1. The van der Waals surface area contributed by atoms with Gasteiger partial charge in [0.25, 0.3) is 0 Å². The second kappa shape index (κ2) is 10.5. The Balaban J connectivity index is 1.98. The van der Waals surface area contributed by atoms with Crippen LogP contribution in [0.15, 0.2) is 40.7 Å². The van der Waals surface area contributed by atoms with Crippen molar-refractivity contribution < 1.29 is 23.8 Å². The number of nitrogens with one attached hydrogen (secondary N) is 1. The molecule has 0 unspecified atom stereocenters. The van der Waals surface area contributed by atoms with Crippen molar-refractivity contribution in [2.75, 3.05) is 38.5 Å². The minimum Gasteiger partial charge on any atom is -0.468 e. The molecule has 1 aromatic heterocycles. The smallest absolute Gasteiger partial charge is 0.338 e. The average molecular weight is 447 g/mol. The minimum absolute atomic E-state index is 0.0914. The zero-order valence-corrected chi connectivity index (χ0v) is 18.8. The van der Waals surface area contributed by atoms with Crippen LogP contribution in [0.5, 0.6) is 0 Å². The van der Waals surface area contributed by atoms with E-state index >= 15 is 0 Å². The third-order valence-electron chi connectivity index (χ3n) is 4.82. The summed E-state index contributed by atoms with van der Waals surface area (Å²) in [6.45, 7) is 4.35. The minimum atomic E-state index is -0.517. The largest absolute Gasteiger partial charge is 0.468 e. The number of esters is 2. The van der Waals surface area contributed by atoms with Crippen molar-refractivity contribution in [1.29, 1.82) is 0 Å². The highest BCUT2D eigenvalue weighted by Gasteiger charge is 2.35. The number of rotatable bonds is 9. The summed E-state index contributed by atoms with van der Waals surface area (Å²) in [5, 5.41) is 8.09. The molecule has 166 valence electrons. The summed E-state index contributed by atoms with van der Waals surface area (Å²) in [6.07, 6.45) is 0.913. The maximum atomic E-state index is 13.0. The first kappa shape index (κ1) is 22.8. The number of nitrogens with zero attached hydrogens (tertiary/aromatic N) is 3. The molecule has 0 radical (unpaired) electrons. The van der Waals surface area contributed by atoms with Crippen LogP contribution in [0.4, 0.5) is 5.95 Å². The van der Waals surface area contributed by atoms with Gasteiger partial charge in [-0.1, -0.05) is 43.0 Å². The van der Waals surface area contributed by atoms with Gasteiger partial charge in [0, 0.05) is 12.8 Å². The summed E-state index contributed by atoms with van der Waals surface area (Å²) in [4.78, 5) is 28.9. The average Bonchev–Trinajstić information content (AvgIpc) is 3.19. The van der Waals surface area contributed by atoms with Crippen LogP contribution < -0.4 is 5.32 Å². The number of carbonyl (C=O) groups excluding carboxylic acids is 2. The molecule has 0 spiro atoms. The van der Waals surface area contributed by atoms with E-state index in [-0.39, 0.29) is 18.3 Å². The fourth-order valence-electron chi connectivity index (χ4n) is 3.18. The van der Waals surface area contributed by atoms with Gasteiger partial charge in [-0.3, -0.25) is 4.79 Å². The lowest BCUT2D eigenvalue weighted by Crippen LogP contribution is -2.30. The molecule has 1 aliphatic heterocycles. The Morgan fingerprint density at radius 3 is 2.58 bits per heavy atom. The number of thioether (sulfide) groups is 1. The summed E-state index contributed by atoms with van der Waals surface area (Å²) < 4.78 is 16.7. The molecule has 2 aromatic rings. The van der Waals surface area contributed by atoms with E-state index in [0.29, 0.717) is 29.0 Å². The van der Waals surface area contributed by atoms with Gasteiger partial charge >= 0.3 is 11.9 Å². The van der Waals surface area contributed by atoms with E-state index in [1.54, 1.807) is 18.7 Å². The Hall–Kier alpha value is -2.85. The normalized spacial score (nSPS) is 15.3. The number of aromatic nitrogens is 3. The van der Waals surface area contributed by atoms with Crippen LogP contribution >= 0.6 is 11.8 Å². The molecule has 10 heteroatoms. The zero-order valence-electron chi connectivity index (χ0n) is 18.0. The van der Waals surface area contributed by atoms with Crippen molar-refractivity contribution >= 4 is 29.6 Å². The molecular formula is C21H26N4O5S. The third-order valence-corrected chi connectivity index (χ3v) is 5.64. The predicted molar refractivity (Wildman–Crippen MR) is 116 cm³/mol. The topological polar surface area (TPSA) is 105 Å². The Kier molecular flexibility index (Phi) is 7.69. The van der Waals surface area contributed by atoms with Crippen molar-refractivity contribution in [3.8, 4) is 0 Å². The van der Waals surface area contributed by atoms with Gasteiger partial charge in [0.2, 0.25) is 11.1 Å². The van der Waals surface area contributed by atoms with E-state index in [1.165, 1.54) is 24.4 Å². The first-order valence-electron chi connectivity index (χ1n) is 9.87. The van der Waals surface area contributed by atoms with Crippen LogP contribution in [0.1, 0.15) is 31.0 Å². The first-order valence-corrected chi connectivity index (χ1v) is 10.9. The van der Waals surface area contributed by atoms with E-state index in [1.807, 2.05) is 24.3 Å². The molecule has 0 saturated carbocycles. The van der Waals surface area contributed by atoms with Crippen molar-refractivity contribution in [3.05, 3.63) is 46.7 Å². The number of ether oxygens (including phenoxy) is 3. The highest BCUT2D eigenvalue weighted by Crippen LogP contribution is 2.36. The lowest BCUT2D eigenvalue weighted by molar-refractivity contribution is -0.141. The number of benzene rings is 1. The highest BCUT2D eigenvalue weighted by molar-refractivity contribution is 7.99. The van der Waals surface area contributed by atoms with Gasteiger partial charge in [0.15, 0.2) is 0 Å². The van der Waals surface area contributed by atoms with E-state index in [0.717, 1.165) is 12.0 Å². The second-order valence-corrected chi connectivity index (χ2v) is 7.76. The number of anilines is 1. The fourth-order valence-corrected chi connectivity index (χ4v) is 3.84. The summed E-state index contributed by atoms with van der Waals surface area (Å²) in [5.41, 5.74) is 3.15. The second-order valence-electron chi connectivity index (χ2n) is 6.82. The molecule has 1 atom stereocenters. The lowest BCUT2D eigenvalue weighted by atomic mass is 9.95. The molecule has 1 N–H and O–H groups in total. The van der Waals surface area contributed by atoms with Crippen molar-refractivity contribution in [3.63, 3.8) is 0 Å². The van der Waals surface area contributed by atoms with Crippen LogP contribution in [0, 0.1) is 0 Å². The monoisotopic (exact) mass is 446 g/mol. The number of methoxy groups -OCH3 is 2. The lowest BCUT2D eigenvalue weighted by Gasteiger charge is -2.28. The Labute approximate surface area is 185 Å². The summed E-state index contributed by atoms with van der Waals surface area (Å²) in [7, 11) is 2.88.